The van der Waals surface area contributed by atoms with Crippen LogP contribution in [0.4, 0.5) is 4.79 Å². The summed E-state index contributed by atoms with van der Waals surface area (Å²) in [6.07, 6.45) is 0.211. The molecule has 2 amide bonds. The van der Waals surface area contributed by atoms with Gasteiger partial charge >= 0.3 is 11.7 Å². The van der Waals surface area contributed by atoms with Crippen molar-refractivity contribution in [2.45, 2.75) is 20.3 Å². The van der Waals surface area contributed by atoms with Crippen LogP contribution in [0.1, 0.15) is 24.5 Å². The molecule has 0 unspecified atom stereocenters. The van der Waals surface area contributed by atoms with E-state index >= 15 is 0 Å². The Bertz CT molecular complexity index is 909. The van der Waals surface area contributed by atoms with E-state index in [0.29, 0.717) is 5.69 Å². The van der Waals surface area contributed by atoms with Crippen LogP contribution in [0.5, 0.6) is 5.88 Å². The number of carbonyl (C=O) groups excluding carboxylic acids is 1. The minimum absolute atomic E-state index is 0.0772. The van der Waals surface area contributed by atoms with Crippen molar-refractivity contribution in [1.29, 1.82) is 0 Å². The molecule has 9 nitrogen and oxygen atoms in total. The Morgan fingerprint density at radius 1 is 1.33 bits per heavy atom. The van der Waals surface area contributed by atoms with Gasteiger partial charge in [0.05, 0.1) is 11.4 Å². The van der Waals surface area contributed by atoms with Gasteiger partial charge in [0.25, 0.3) is 5.56 Å². The van der Waals surface area contributed by atoms with Crippen molar-refractivity contribution in [3.63, 3.8) is 0 Å². The number of aromatic nitrogens is 2. The predicted octanol–water partition coefficient (Wildman–Crippen LogP) is 0.322. The number of nitrogens with one attached hydrogen (secondary N) is 2. The minimum Gasteiger partial charge on any atom is -0.493 e. The number of rotatable bonds is 4. The fraction of sp³-hybridized carbons (Fsp3) is 0.200. The van der Waals surface area contributed by atoms with Gasteiger partial charge in [-0.15, -0.1) is 0 Å². The van der Waals surface area contributed by atoms with Crippen LogP contribution in [0.3, 0.4) is 0 Å². The molecule has 1 heterocycles. The van der Waals surface area contributed by atoms with Crippen molar-refractivity contribution in [2.75, 3.05) is 0 Å². The lowest BCUT2D eigenvalue weighted by Crippen LogP contribution is -2.34. The van der Waals surface area contributed by atoms with E-state index in [1.807, 2.05) is 12.3 Å². The molecule has 5 N–H and O–H groups in total. The van der Waals surface area contributed by atoms with Gasteiger partial charge in [-0.1, -0.05) is 24.6 Å². The van der Waals surface area contributed by atoms with Crippen molar-refractivity contribution in [2.24, 2.45) is 10.8 Å². The standard InChI is InChI=1S/C15H17N5O4/c1-3-10(18-19-14(16)23)11-12(21)17-15(24)20(13(11)22)9-6-4-8(2)5-7-9/h4-7,22H,3H2,1-2H3,(H3,16,19,23)(H,17,21,24)/b18-10+. The largest absolute Gasteiger partial charge is 0.493 e. The number of nitrogens with two attached hydrogens (primary N) is 1. The van der Waals surface area contributed by atoms with Gasteiger partial charge in [-0.05, 0) is 25.5 Å². The average Bonchev–Trinajstić information content (AvgIpc) is 2.51. The molecule has 2 rings (SSSR count). The monoisotopic (exact) mass is 331 g/mol. The zero-order chi connectivity index (χ0) is 17.9. The summed E-state index contributed by atoms with van der Waals surface area (Å²) in [6.45, 7) is 3.55. The summed E-state index contributed by atoms with van der Waals surface area (Å²) in [7, 11) is 0. The second-order valence-electron chi connectivity index (χ2n) is 5.02. The van der Waals surface area contributed by atoms with Gasteiger partial charge in [-0.2, -0.15) is 5.10 Å². The SMILES string of the molecule is CC/C(=N\NC(N)=O)c1c(O)n(-c2ccc(C)cc2)c(=O)[nH]c1=O. The molecule has 2 aromatic rings. The summed E-state index contributed by atoms with van der Waals surface area (Å²) >= 11 is 0. The Kier molecular flexibility index (Phi) is 4.83. The van der Waals surface area contributed by atoms with Gasteiger partial charge in [0.2, 0.25) is 5.88 Å². The summed E-state index contributed by atoms with van der Waals surface area (Å²) in [5.41, 5.74) is 6.56. The average molecular weight is 331 g/mol. The Morgan fingerprint density at radius 3 is 2.50 bits per heavy atom. The second-order valence-corrected chi connectivity index (χ2v) is 5.02. The highest BCUT2D eigenvalue weighted by molar-refractivity contribution is 6.02. The fourth-order valence-corrected chi connectivity index (χ4v) is 2.15. The van der Waals surface area contributed by atoms with Gasteiger partial charge in [0.15, 0.2) is 0 Å². The maximum Gasteiger partial charge on any atom is 0.335 e. The molecule has 0 aliphatic carbocycles. The Labute approximate surface area is 136 Å². The predicted molar refractivity (Wildman–Crippen MR) is 88.6 cm³/mol. The van der Waals surface area contributed by atoms with Gasteiger partial charge in [0, 0.05) is 0 Å². The highest BCUT2D eigenvalue weighted by Gasteiger charge is 2.19. The molecule has 24 heavy (non-hydrogen) atoms. The van der Waals surface area contributed by atoms with Crippen LogP contribution in [-0.2, 0) is 0 Å². The summed E-state index contributed by atoms with van der Waals surface area (Å²) < 4.78 is 0.950. The van der Waals surface area contributed by atoms with Crippen LogP contribution < -0.4 is 22.4 Å². The Balaban J connectivity index is 2.70. The van der Waals surface area contributed by atoms with E-state index in [4.69, 9.17) is 5.73 Å². The summed E-state index contributed by atoms with van der Waals surface area (Å²) in [5, 5.41) is 14.2. The lowest BCUT2D eigenvalue weighted by Gasteiger charge is -2.12. The first-order valence-corrected chi connectivity index (χ1v) is 7.12. The molecular weight excluding hydrogens is 314 g/mol. The third kappa shape index (κ3) is 3.35. The molecule has 0 radical (unpaired) electrons. The summed E-state index contributed by atoms with van der Waals surface area (Å²) in [4.78, 5) is 37.1. The molecule has 9 heteroatoms. The Morgan fingerprint density at radius 2 is 1.96 bits per heavy atom. The van der Waals surface area contributed by atoms with E-state index < -0.39 is 23.2 Å². The number of amides is 2. The molecule has 0 bridgehead atoms. The number of aromatic hydroxyl groups is 1. The normalized spacial score (nSPS) is 11.3. The van der Waals surface area contributed by atoms with E-state index in [1.54, 1.807) is 31.2 Å². The van der Waals surface area contributed by atoms with E-state index in [2.05, 4.69) is 10.1 Å². The van der Waals surface area contributed by atoms with Crippen molar-refractivity contribution < 1.29 is 9.90 Å². The van der Waals surface area contributed by atoms with Gasteiger partial charge in [-0.3, -0.25) is 9.78 Å². The van der Waals surface area contributed by atoms with Crippen molar-refractivity contribution in [3.8, 4) is 11.6 Å². The molecule has 0 atom stereocenters. The quantitative estimate of drug-likeness (QED) is 0.472. The van der Waals surface area contributed by atoms with E-state index in [0.717, 1.165) is 10.1 Å². The first kappa shape index (κ1) is 17.0. The number of urea groups is 1. The van der Waals surface area contributed by atoms with Crippen LogP contribution in [0.15, 0.2) is 39.0 Å². The number of hydrazone groups is 1. The highest BCUT2D eigenvalue weighted by atomic mass is 16.3. The molecule has 0 saturated heterocycles. The number of primary amides is 1. The highest BCUT2D eigenvalue weighted by Crippen LogP contribution is 2.18. The molecule has 0 saturated carbocycles. The van der Waals surface area contributed by atoms with Gasteiger partial charge in [0.1, 0.15) is 5.56 Å². The summed E-state index contributed by atoms with van der Waals surface area (Å²) in [6, 6.07) is 5.86. The molecule has 0 aliphatic heterocycles. The maximum atomic E-state index is 12.1. The first-order valence-electron chi connectivity index (χ1n) is 7.12. The van der Waals surface area contributed by atoms with E-state index in [1.165, 1.54) is 0 Å². The molecule has 1 aromatic carbocycles. The molecule has 0 fully saturated rings. The molecule has 0 spiro atoms. The van der Waals surface area contributed by atoms with Gasteiger partial charge < -0.3 is 10.8 Å². The lowest BCUT2D eigenvalue weighted by molar-refractivity contribution is 0.249. The number of carbonyl (C=O) groups is 1. The smallest absolute Gasteiger partial charge is 0.335 e. The first-order chi connectivity index (χ1) is 11.3. The number of nitrogens with zero attached hydrogens (tertiary/aromatic N) is 2. The summed E-state index contributed by atoms with van der Waals surface area (Å²) in [5.74, 6) is -0.570. The number of hydrogen-bond acceptors (Lipinski definition) is 5. The van der Waals surface area contributed by atoms with E-state index in [-0.39, 0.29) is 17.7 Å². The van der Waals surface area contributed by atoms with Crippen LogP contribution >= 0.6 is 0 Å². The number of H-pyrrole nitrogens is 1. The molecular formula is C15H17N5O4. The van der Waals surface area contributed by atoms with Gasteiger partial charge in [-0.25, -0.2) is 19.6 Å². The van der Waals surface area contributed by atoms with Crippen LogP contribution in [0.25, 0.3) is 5.69 Å². The van der Waals surface area contributed by atoms with Crippen molar-refractivity contribution in [1.82, 2.24) is 15.0 Å². The van der Waals surface area contributed by atoms with Crippen molar-refractivity contribution >= 4 is 11.7 Å². The third-order valence-electron chi connectivity index (χ3n) is 3.30. The third-order valence-corrected chi connectivity index (χ3v) is 3.30. The zero-order valence-electron chi connectivity index (χ0n) is 13.2. The number of aromatic amines is 1. The fourth-order valence-electron chi connectivity index (χ4n) is 2.15. The molecule has 0 aliphatic rings. The van der Waals surface area contributed by atoms with Crippen molar-refractivity contribution in [3.05, 3.63) is 56.2 Å². The second kappa shape index (κ2) is 6.82. The maximum absolute atomic E-state index is 12.1. The van der Waals surface area contributed by atoms with E-state index in [9.17, 15) is 19.5 Å². The zero-order valence-corrected chi connectivity index (χ0v) is 13.2. The van der Waals surface area contributed by atoms with Crippen LogP contribution in [0.2, 0.25) is 0 Å². The lowest BCUT2D eigenvalue weighted by atomic mass is 10.1. The number of aryl methyl sites for hydroxylation is 1. The topological polar surface area (TPSA) is 143 Å². The molecule has 1 aromatic heterocycles. The Hall–Kier alpha value is -3.36. The number of hydrogen-bond donors (Lipinski definition) is 4. The minimum atomic E-state index is -0.913. The van der Waals surface area contributed by atoms with Crippen LogP contribution in [-0.4, -0.2) is 26.4 Å². The van der Waals surface area contributed by atoms with Crippen LogP contribution in [0, 0.1) is 6.92 Å². The molecule has 126 valence electrons. The number of benzene rings is 1.